The van der Waals surface area contributed by atoms with Crippen LogP contribution in [-0.4, -0.2) is 22.8 Å². The summed E-state index contributed by atoms with van der Waals surface area (Å²) in [5, 5.41) is 9.46. The highest BCUT2D eigenvalue weighted by Gasteiger charge is 2.07. The lowest BCUT2D eigenvalue weighted by Gasteiger charge is -2.11. The summed E-state index contributed by atoms with van der Waals surface area (Å²) in [7, 11) is 1.32. The number of carbonyl (C=O) groups excluding carboxylic acids is 1. The third kappa shape index (κ3) is 2.49. The molecular formula is C14H13NO4. The molecule has 0 unspecified atom stereocenters. The first kappa shape index (κ1) is 12.9. The Bertz CT molecular complexity index is 671. The zero-order chi connectivity index (χ0) is 14.0. The van der Waals surface area contributed by atoms with E-state index in [9.17, 15) is 14.7 Å². The molecule has 1 aromatic heterocycles. The summed E-state index contributed by atoms with van der Waals surface area (Å²) in [5.41, 5.74) is 1.45. The molecule has 2 rings (SSSR count). The number of ether oxygens (including phenoxy) is 1. The van der Waals surface area contributed by atoms with Gasteiger partial charge in [0, 0.05) is 17.4 Å². The lowest BCUT2D eigenvalue weighted by Crippen LogP contribution is -2.08. The second kappa shape index (κ2) is 4.97. The summed E-state index contributed by atoms with van der Waals surface area (Å²) in [6.45, 7) is 1.76. The fraction of sp³-hybridized carbons (Fsp3) is 0.143. The van der Waals surface area contributed by atoms with Crippen molar-refractivity contribution in [2.24, 2.45) is 0 Å². The normalized spacial score (nSPS) is 10.2. The molecule has 5 nitrogen and oxygen atoms in total. The van der Waals surface area contributed by atoms with Gasteiger partial charge in [0.05, 0.1) is 18.9 Å². The van der Waals surface area contributed by atoms with Gasteiger partial charge in [-0.05, 0) is 31.2 Å². The van der Waals surface area contributed by atoms with Crippen molar-refractivity contribution in [1.82, 2.24) is 4.57 Å². The molecule has 0 bridgehead atoms. The van der Waals surface area contributed by atoms with Gasteiger partial charge in [0.2, 0.25) is 5.43 Å². The average Bonchev–Trinajstić information content (AvgIpc) is 2.42. The smallest absolute Gasteiger partial charge is 0.337 e. The highest BCUT2D eigenvalue weighted by molar-refractivity contribution is 5.89. The number of nitrogens with zero attached hydrogens (tertiary/aromatic N) is 1. The first-order chi connectivity index (χ1) is 9.02. The van der Waals surface area contributed by atoms with E-state index in [1.165, 1.54) is 19.4 Å². The zero-order valence-corrected chi connectivity index (χ0v) is 10.6. The molecule has 0 radical (unpaired) electrons. The Balaban J connectivity index is 2.46. The van der Waals surface area contributed by atoms with Crippen LogP contribution in [0.4, 0.5) is 0 Å². The van der Waals surface area contributed by atoms with Gasteiger partial charge in [0.15, 0.2) is 5.75 Å². The topological polar surface area (TPSA) is 68.5 Å². The molecule has 0 saturated carbocycles. The van der Waals surface area contributed by atoms with Gasteiger partial charge >= 0.3 is 5.97 Å². The SMILES string of the molecule is COC(=O)c1ccc(-n2cc(O)c(=O)cc2C)cc1. The molecule has 0 aliphatic rings. The molecule has 98 valence electrons. The number of hydrogen-bond donors (Lipinski definition) is 1. The molecule has 0 atom stereocenters. The number of carbonyl (C=O) groups is 1. The Morgan fingerprint density at radius 2 is 1.89 bits per heavy atom. The van der Waals surface area contributed by atoms with Gasteiger partial charge in [-0.25, -0.2) is 4.79 Å². The molecular weight excluding hydrogens is 246 g/mol. The number of aromatic nitrogens is 1. The van der Waals surface area contributed by atoms with Crippen LogP contribution in [0.2, 0.25) is 0 Å². The molecule has 19 heavy (non-hydrogen) atoms. The van der Waals surface area contributed by atoms with Crippen LogP contribution in [0.15, 0.2) is 41.3 Å². The van der Waals surface area contributed by atoms with Gasteiger partial charge in [0.1, 0.15) is 0 Å². The van der Waals surface area contributed by atoms with E-state index in [0.717, 1.165) is 5.69 Å². The van der Waals surface area contributed by atoms with Gasteiger partial charge in [-0.3, -0.25) is 4.79 Å². The third-order valence-electron chi connectivity index (χ3n) is 2.79. The number of pyridine rings is 1. The maximum absolute atomic E-state index is 11.3. The number of benzene rings is 1. The Hall–Kier alpha value is -2.56. The van der Waals surface area contributed by atoms with Crippen LogP contribution in [0, 0.1) is 6.92 Å². The Kier molecular flexibility index (Phi) is 3.37. The fourth-order valence-electron chi connectivity index (χ4n) is 1.78. The number of methoxy groups -OCH3 is 1. The van der Waals surface area contributed by atoms with E-state index in [-0.39, 0.29) is 5.75 Å². The van der Waals surface area contributed by atoms with E-state index in [1.807, 2.05) is 0 Å². The number of esters is 1. The summed E-state index contributed by atoms with van der Waals surface area (Å²) in [5.74, 6) is -0.728. The molecule has 0 saturated heterocycles. The van der Waals surface area contributed by atoms with Gasteiger partial charge < -0.3 is 14.4 Å². The number of rotatable bonds is 2. The molecule has 0 fully saturated rings. The van der Waals surface area contributed by atoms with Crippen molar-refractivity contribution in [3.05, 3.63) is 58.0 Å². The Morgan fingerprint density at radius 1 is 1.26 bits per heavy atom. The van der Waals surface area contributed by atoms with Crippen LogP contribution in [0.25, 0.3) is 5.69 Å². The van der Waals surface area contributed by atoms with Crippen LogP contribution in [0.5, 0.6) is 5.75 Å². The van der Waals surface area contributed by atoms with Crippen LogP contribution >= 0.6 is 0 Å². The minimum atomic E-state index is -0.417. The number of hydrogen-bond acceptors (Lipinski definition) is 4. The molecule has 0 aliphatic carbocycles. The number of aromatic hydroxyl groups is 1. The maximum atomic E-state index is 11.3. The van der Waals surface area contributed by atoms with Crippen molar-refractivity contribution in [2.75, 3.05) is 7.11 Å². The van der Waals surface area contributed by atoms with Crippen molar-refractivity contribution >= 4 is 5.97 Å². The zero-order valence-electron chi connectivity index (χ0n) is 10.6. The first-order valence-corrected chi connectivity index (χ1v) is 5.64. The van der Waals surface area contributed by atoms with E-state index in [1.54, 1.807) is 35.8 Å². The number of aryl methyl sites for hydroxylation is 1. The second-order valence-corrected chi connectivity index (χ2v) is 4.07. The van der Waals surface area contributed by atoms with Crippen LogP contribution in [0.1, 0.15) is 16.1 Å². The summed E-state index contributed by atoms with van der Waals surface area (Å²) < 4.78 is 6.28. The van der Waals surface area contributed by atoms with Crippen molar-refractivity contribution < 1.29 is 14.6 Å². The van der Waals surface area contributed by atoms with E-state index in [0.29, 0.717) is 11.3 Å². The lowest BCUT2D eigenvalue weighted by molar-refractivity contribution is 0.0601. The Labute approximate surface area is 109 Å². The van der Waals surface area contributed by atoms with Gasteiger partial charge in [-0.2, -0.15) is 0 Å². The summed E-state index contributed by atoms with van der Waals surface area (Å²) in [4.78, 5) is 22.6. The van der Waals surface area contributed by atoms with Crippen LogP contribution in [0.3, 0.4) is 0 Å². The van der Waals surface area contributed by atoms with Crippen molar-refractivity contribution in [2.45, 2.75) is 6.92 Å². The highest BCUT2D eigenvalue weighted by Crippen LogP contribution is 2.14. The van der Waals surface area contributed by atoms with Gasteiger partial charge in [-0.1, -0.05) is 0 Å². The van der Waals surface area contributed by atoms with E-state index < -0.39 is 11.4 Å². The molecule has 1 N–H and O–H groups in total. The quantitative estimate of drug-likeness (QED) is 0.832. The van der Waals surface area contributed by atoms with E-state index in [2.05, 4.69) is 4.74 Å². The minimum absolute atomic E-state index is 0.317. The van der Waals surface area contributed by atoms with Crippen molar-refractivity contribution in [3.8, 4) is 11.4 Å². The fourth-order valence-corrected chi connectivity index (χ4v) is 1.78. The lowest BCUT2D eigenvalue weighted by atomic mass is 10.2. The summed E-state index contributed by atoms with van der Waals surface area (Å²) in [6.07, 6.45) is 1.35. The van der Waals surface area contributed by atoms with Gasteiger partial charge in [-0.15, -0.1) is 0 Å². The monoisotopic (exact) mass is 259 g/mol. The maximum Gasteiger partial charge on any atom is 0.337 e. The van der Waals surface area contributed by atoms with E-state index in [4.69, 9.17) is 0 Å². The molecule has 0 amide bonds. The molecule has 2 aromatic rings. The molecule has 5 heteroatoms. The third-order valence-corrected chi connectivity index (χ3v) is 2.79. The van der Waals surface area contributed by atoms with Gasteiger partial charge in [0.25, 0.3) is 0 Å². The standard InChI is InChI=1S/C14H13NO4/c1-9-7-12(16)13(17)8-15(9)11-5-3-10(4-6-11)14(18)19-2/h3-8,17H,1-2H3. The van der Waals surface area contributed by atoms with E-state index >= 15 is 0 Å². The molecule has 1 aromatic carbocycles. The van der Waals surface area contributed by atoms with Crippen LogP contribution < -0.4 is 5.43 Å². The van der Waals surface area contributed by atoms with Crippen LogP contribution in [-0.2, 0) is 4.74 Å². The van der Waals surface area contributed by atoms with Crippen molar-refractivity contribution in [3.63, 3.8) is 0 Å². The predicted octanol–water partition coefficient (Wildman–Crippen LogP) is 1.64. The average molecular weight is 259 g/mol. The predicted molar refractivity (Wildman–Crippen MR) is 69.8 cm³/mol. The summed E-state index contributed by atoms with van der Waals surface area (Å²) >= 11 is 0. The molecule has 1 heterocycles. The minimum Gasteiger partial charge on any atom is -0.503 e. The summed E-state index contributed by atoms with van der Waals surface area (Å²) in [6, 6.07) is 8.02. The Morgan fingerprint density at radius 3 is 2.47 bits per heavy atom. The molecule has 0 spiro atoms. The van der Waals surface area contributed by atoms with Crippen molar-refractivity contribution in [1.29, 1.82) is 0 Å². The largest absolute Gasteiger partial charge is 0.503 e. The first-order valence-electron chi connectivity index (χ1n) is 5.64. The molecule has 0 aliphatic heterocycles. The highest BCUT2D eigenvalue weighted by atomic mass is 16.5. The second-order valence-electron chi connectivity index (χ2n) is 4.07.